The Bertz CT molecular complexity index is 493. The summed E-state index contributed by atoms with van der Waals surface area (Å²) < 4.78 is 4.49. The lowest BCUT2D eigenvalue weighted by molar-refractivity contribution is -0.166. The number of aliphatic carboxylic acids is 2. The van der Waals surface area contributed by atoms with Gasteiger partial charge in [0, 0.05) is 0 Å². The number of aliphatic hydroxyl groups excluding tert-OH is 1. The molecular weight excluding hydrogens is 272 g/mol. The summed E-state index contributed by atoms with van der Waals surface area (Å²) in [4.78, 5) is 32.9. The third-order valence-electron chi connectivity index (χ3n) is 2.30. The highest BCUT2D eigenvalue weighted by molar-refractivity contribution is 5.92. The van der Waals surface area contributed by atoms with Gasteiger partial charge in [0.1, 0.15) is 0 Å². The van der Waals surface area contributed by atoms with Gasteiger partial charge in [-0.2, -0.15) is 0 Å². The van der Waals surface area contributed by atoms with Crippen molar-refractivity contribution in [3.63, 3.8) is 0 Å². The maximum Gasteiger partial charge on any atom is 0.348 e. The number of carboxylic acid groups (broad SMARTS) is 2. The van der Waals surface area contributed by atoms with Gasteiger partial charge in [0.2, 0.25) is 6.10 Å². The molecule has 0 radical (unpaired) electrons. The van der Waals surface area contributed by atoms with Crippen LogP contribution in [0.5, 0.6) is 0 Å². The predicted octanol–water partition coefficient (Wildman–Crippen LogP) is -0.774. The van der Waals surface area contributed by atoms with Crippen LogP contribution in [0, 0.1) is 6.92 Å². The van der Waals surface area contributed by atoms with E-state index in [4.69, 9.17) is 15.3 Å². The average molecular weight is 286 g/mol. The lowest BCUT2D eigenvalue weighted by Crippen LogP contribution is -2.43. The second-order valence-electron chi connectivity index (χ2n) is 3.81. The normalized spacial score (nSPS) is 12.7. The molecule has 0 saturated heterocycles. The van der Waals surface area contributed by atoms with Crippen molar-refractivity contribution >= 4 is 17.9 Å². The van der Waals surface area contributed by atoms with Crippen LogP contribution in [-0.2, 0) is 14.3 Å². The molecule has 0 aliphatic heterocycles. The minimum Gasteiger partial charge on any atom is -0.479 e. The second kappa shape index (κ2) is 7.22. The van der Waals surface area contributed by atoms with Crippen molar-refractivity contribution in [2.75, 3.05) is 0 Å². The number of esters is 1. The molecular formula is C12H14O8. The highest BCUT2D eigenvalue weighted by atomic mass is 16.6. The molecule has 2 atom stereocenters. The summed E-state index contributed by atoms with van der Waals surface area (Å²) in [6, 6.07) is 6.04. The van der Waals surface area contributed by atoms with Crippen LogP contribution in [0.15, 0.2) is 24.3 Å². The highest BCUT2D eigenvalue weighted by Crippen LogP contribution is 2.09. The largest absolute Gasteiger partial charge is 0.479 e. The standard InChI is InChI=1S/C12H12O7.H2O/c1-6-2-4-7(5-3-6)12(18)19-9(11(16)17)8(13)10(14)15;/h2-5,8-9,13H,1H3,(H,14,15)(H,16,17);1H2/t8-,9-;/m0./s1. The van der Waals surface area contributed by atoms with Crippen LogP contribution in [0.2, 0.25) is 0 Å². The van der Waals surface area contributed by atoms with Gasteiger partial charge < -0.3 is 25.5 Å². The number of carboxylic acids is 2. The van der Waals surface area contributed by atoms with Crippen LogP contribution < -0.4 is 0 Å². The number of hydrogen-bond donors (Lipinski definition) is 3. The molecule has 0 saturated carbocycles. The van der Waals surface area contributed by atoms with Gasteiger partial charge in [0.15, 0.2) is 6.10 Å². The third-order valence-corrected chi connectivity index (χ3v) is 2.30. The van der Waals surface area contributed by atoms with E-state index in [0.717, 1.165) is 5.56 Å². The van der Waals surface area contributed by atoms with Crippen LogP contribution in [0.4, 0.5) is 0 Å². The Kier molecular flexibility index (Phi) is 6.33. The van der Waals surface area contributed by atoms with Crippen molar-refractivity contribution in [3.05, 3.63) is 35.4 Å². The summed E-state index contributed by atoms with van der Waals surface area (Å²) in [6.07, 6.45) is -4.49. The lowest BCUT2D eigenvalue weighted by Gasteiger charge is -2.16. The van der Waals surface area contributed by atoms with Crippen LogP contribution in [0.25, 0.3) is 0 Å². The third kappa shape index (κ3) is 4.34. The van der Waals surface area contributed by atoms with Crippen molar-refractivity contribution in [2.24, 2.45) is 0 Å². The number of carbonyl (C=O) groups excluding carboxylic acids is 1. The van der Waals surface area contributed by atoms with Gasteiger partial charge in [-0.1, -0.05) is 17.7 Å². The van der Waals surface area contributed by atoms with Gasteiger partial charge in [-0.25, -0.2) is 14.4 Å². The Morgan fingerprint density at radius 1 is 1.05 bits per heavy atom. The summed E-state index contributed by atoms with van der Waals surface area (Å²) in [7, 11) is 0. The Labute approximate surface area is 113 Å². The van der Waals surface area contributed by atoms with E-state index in [0.29, 0.717) is 0 Å². The molecule has 0 unspecified atom stereocenters. The van der Waals surface area contributed by atoms with Crippen molar-refractivity contribution < 1.29 is 39.9 Å². The Morgan fingerprint density at radius 2 is 1.55 bits per heavy atom. The summed E-state index contributed by atoms with van der Waals surface area (Å²) in [5.41, 5.74) is 0.950. The fourth-order valence-electron chi connectivity index (χ4n) is 1.25. The summed E-state index contributed by atoms with van der Waals surface area (Å²) in [5, 5.41) is 26.4. The number of rotatable bonds is 5. The number of aryl methyl sites for hydroxylation is 1. The summed E-state index contributed by atoms with van der Waals surface area (Å²) >= 11 is 0. The first-order chi connectivity index (χ1) is 8.82. The van der Waals surface area contributed by atoms with E-state index in [1.807, 2.05) is 0 Å². The van der Waals surface area contributed by atoms with E-state index in [9.17, 15) is 14.4 Å². The SMILES string of the molecule is Cc1ccc(C(=O)O[C@H](C(=O)O)[C@H](O)C(=O)O)cc1.O. The predicted molar refractivity (Wildman–Crippen MR) is 65.3 cm³/mol. The minimum absolute atomic E-state index is 0. The van der Waals surface area contributed by atoms with E-state index in [-0.39, 0.29) is 11.0 Å². The smallest absolute Gasteiger partial charge is 0.348 e. The zero-order valence-corrected chi connectivity index (χ0v) is 10.4. The first kappa shape index (κ1) is 17.6. The molecule has 20 heavy (non-hydrogen) atoms. The molecule has 1 rings (SSSR count). The van der Waals surface area contributed by atoms with E-state index in [1.165, 1.54) is 12.1 Å². The molecule has 0 heterocycles. The molecule has 1 aromatic carbocycles. The molecule has 0 aromatic heterocycles. The van der Waals surface area contributed by atoms with Crippen molar-refractivity contribution in [1.29, 1.82) is 0 Å². The van der Waals surface area contributed by atoms with E-state index < -0.39 is 30.1 Å². The highest BCUT2D eigenvalue weighted by Gasteiger charge is 2.35. The summed E-state index contributed by atoms with van der Waals surface area (Å²) in [5.74, 6) is -4.55. The molecule has 0 spiro atoms. The number of ether oxygens (including phenoxy) is 1. The maximum absolute atomic E-state index is 11.6. The van der Waals surface area contributed by atoms with Crippen LogP contribution in [0.3, 0.4) is 0 Å². The maximum atomic E-state index is 11.6. The van der Waals surface area contributed by atoms with Crippen molar-refractivity contribution in [2.45, 2.75) is 19.1 Å². The van der Waals surface area contributed by atoms with E-state index >= 15 is 0 Å². The fourth-order valence-corrected chi connectivity index (χ4v) is 1.25. The molecule has 8 heteroatoms. The fraction of sp³-hybridized carbons (Fsp3) is 0.250. The van der Waals surface area contributed by atoms with Crippen molar-refractivity contribution in [1.82, 2.24) is 0 Å². The molecule has 0 aliphatic carbocycles. The molecule has 0 aliphatic rings. The Hall–Kier alpha value is -2.45. The number of carbonyl (C=O) groups is 3. The second-order valence-corrected chi connectivity index (χ2v) is 3.81. The van der Waals surface area contributed by atoms with E-state index in [1.54, 1.807) is 19.1 Å². The molecule has 110 valence electrons. The van der Waals surface area contributed by atoms with Gasteiger partial charge in [0.25, 0.3) is 0 Å². The van der Waals surface area contributed by atoms with Gasteiger partial charge >= 0.3 is 17.9 Å². The summed E-state index contributed by atoms with van der Waals surface area (Å²) in [6.45, 7) is 1.79. The molecule has 0 fully saturated rings. The zero-order valence-electron chi connectivity index (χ0n) is 10.4. The van der Waals surface area contributed by atoms with Crippen LogP contribution in [0.1, 0.15) is 15.9 Å². The van der Waals surface area contributed by atoms with Crippen LogP contribution >= 0.6 is 0 Å². The first-order valence-corrected chi connectivity index (χ1v) is 5.24. The van der Waals surface area contributed by atoms with Gasteiger partial charge in [-0.05, 0) is 19.1 Å². The van der Waals surface area contributed by atoms with Gasteiger partial charge in [-0.15, -0.1) is 0 Å². The Morgan fingerprint density at radius 3 is 1.95 bits per heavy atom. The molecule has 1 aromatic rings. The lowest BCUT2D eigenvalue weighted by atomic mass is 10.1. The van der Waals surface area contributed by atoms with Crippen LogP contribution in [-0.4, -0.2) is 50.9 Å². The molecule has 0 bridgehead atoms. The topological polar surface area (TPSA) is 153 Å². The Balaban J connectivity index is 0.00000361. The number of hydrogen-bond acceptors (Lipinski definition) is 5. The van der Waals surface area contributed by atoms with Gasteiger partial charge in [0.05, 0.1) is 5.56 Å². The molecule has 5 N–H and O–H groups in total. The minimum atomic E-state index is -2.33. The van der Waals surface area contributed by atoms with Gasteiger partial charge in [-0.3, -0.25) is 0 Å². The molecule has 8 nitrogen and oxygen atoms in total. The number of aliphatic hydroxyl groups is 1. The monoisotopic (exact) mass is 286 g/mol. The average Bonchev–Trinajstić information content (AvgIpc) is 2.35. The quantitative estimate of drug-likeness (QED) is 0.600. The number of benzene rings is 1. The van der Waals surface area contributed by atoms with Crippen molar-refractivity contribution in [3.8, 4) is 0 Å². The molecule has 0 amide bonds. The van der Waals surface area contributed by atoms with E-state index in [2.05, 4.69) is 4.74 Å². The first-order valence-electron chi connectivity index (χ1n) is 5.24. The zero-order chi connectivity index (χ0) is 14.6.